The number of aryl methyl sites for hydroxylation is 1. The van der Waals surface area contributed by atoms with E-state index < -0.39 is 27.1 Å². The van der Waals surface area contributed by atoms with Crippen LogP contribution in [0.1, 0.15) is 22.1 Å². The van der Waals surface area contributed by atoms with Crippen molar-refractivity contribution in [1.29, 1.82) is 0 Å². The predicted octanol–water partition coefficient (Wildman–Crippen LogP) is 4.96. The Morgan fingerprint density at radius 2 is 1.91 bits per heavy atom. The van der Waals surface area contributed by atoms with Crippen LogP contribution in [0.25, 0.3) is 21.8 Å². The summed E-state index contributed by atoms with van der Waals surface area (Å²) in [6, 6.07) is 2.22. The molecule has 0 saturated heterocycles. The summed E-state index contributed by atoms with van der Waals surface area (Å²) < 4.78 is 72.5. The van der Waals surface area contributed by atoms with Gasteiger partial charge in [-0.25, -0.2) is 9.97 Å². The number of pyridine rings is 2. The molecule has 0 spiro atoms. The zero-order valence-corrected chi connectivity index (χ0v) is 18.5. The van der Waals surface area contributed by atoms with E-state index in [0.29, 0.717) is 27.9 Å². The lowest BCUT2D eigenvalue weighted by Gasteiger charge is -2.40. The monoisotopic (exact) mass is 500 g/mol. The smallest absolute Gasteiger partial charge is 0.310 e. The first-order valence-electron chi connectivity index (χ1n) is 9.79. The number of likely N-dealkylation sites (N-methyl/N-ethyl adjacent to an activating group) is 1. The molecule has 1 aromatic carbocycles. The summed E-state index contributed by atoms with van der Waals surface area (Å²) in [6.45, 7) is -0.195. The van der Waals surface area contributed by atoms with Crippen LogP contribution in [-0.2, 0) is 7.05 Å². The molecule has 14 heteroatoms. The molecule has 1 aliphatic heterocycles. The fraction of sp³-hybridized carbons (Fsp3) is 0.200. The van der Waals surface area contributed by atoms with Gasteiger partial charge in [0.05, 0.1) is 24.0 Å². The highest BCUT2D eigenvalue weighted by Gasteiger charge is 2.65. The number of rotatable bonds is 3. The average Bonchev–Trinajstić information content (AvgIpc) is 3.35. The number of anilines is 1. The molecular formula is C20H17F5N6O2S. The molecule has 1 atom stereocenters. The van der Waals surface area contributed by atoms with Gasteiger partial charge in [0.25, 0.3) is 5.91 Å². The van der Waals surface area contributed by atoms with Crippen molar-refractivity contribution in [2.24, 2.45) is 7.05 Å². The Bertz CT molecular complexity index is 1520. The van der Waals surface area contributed by atoms with Crippen LogP contribution in [0.2, 0.25) is 0 Å². The van der Waals surface area contributed by atoms with Gasteiger partial charge in [0.2, 0.25) is 0 Å². The standard InChI is InChI=1S/C20H17F5N6O2S/c1-30(16-9-33-17-5-10(3-4-11(16)17)34(21,22,23,24)25)20(32)14-6-12-13-7-28-31(2)18(13)19(26)29-15(12)8-27-14/h3-8,16H,9H2,1-2H3,(H2,26,29)/t16-/m1/s1. The van der Waals surface area contributed by atoms with Crippen molar-refractivity contribution in [3.05, 3.63) is 47.9 Å². The molecule has 1 amide bonds. The zero-order chi connectivity index (χ0) is 24.7. The van der Waals surface area contributed by atoms with Crippen LogP contribution in [0.3, 0.4) is 0 Å². The van der Waals surface area contributed by atoms with Crippen molar-refractivity contribution in [2.45, 2.75) is 10.9 Å². The molecule has 0 unspecified atom stereocenters. The van der Waals surface area contributed by atoms with E-state index in [1.165, 1.54) is 24.2 Å². The van der Waals surface area contributed by atoms with Gasteiger partial charge in [-0.3, -0.25) is 9.48 Å². The van der Waals surface area contributed by atoms with Gasteiger partial charge in [0, 0.05) is 36.5 Å². The van der Waals surface area contributed by atoms with Gasteiger partial charge in [-0.15, -0.1) is 0 Å². The van der Waals surface area contributed by atoms with Crippen molar-refractivity contribution >= 4 is 43.8 Å². The Kier molecular flexibility index (Phi) is 4.07. The predicted molar refractivity (Wildman–Crippen MR) is 116 cm³/mol. The van der Waals surface area contributed by atoms with Crippen molar-refractivity contribution in [1.82, 2.24) is 24.6 Å². The molecule has 1 aliphatic rings. The molecule has 0 radical (unpaired) electrons. The number of benzene rings is 1. The van der Waals surface area contributed by atoms with Crippen LogP contribution >= 0.6 is 10.2 Å². The molecule has 0 fully saturated rings. The molecule has 34 heavy (non-hydrogen) atoms. The second-order valence-electron chi connectivity index (χ2n) is 8.03. The molecule has 180 valence electrons. The van der Waals surface area contributed by atoms with E-state index in [0.717, 1.165) is 6.07 Å². The second kappa shape index (κ2) is 6.25. The summed E-state index contributed by atoms with van der Waals surface area (Å²) in [5.74, 6) is -0.640. The number of fused-ring (bicyclic) bond motifs is 4. The SMILES string of the molecule is CN(C(=O)c1cc2c(cn1)nc(N)c1c2cnn1C)[C@@H]1COc2cc(S(F)(F)(F)(F)F)ccc21. The van der Waals surface area contributed by atoms with Gasteiger partial charge in [-0.1, -0.05) is 25.5 Å². The third-order valence-electron chi connectivity index (χ3n) is 5.79. The van der Waals surface area contributed by atoms with Crippen LogP contribution in [0, 0.1) is 0 Å². The number of nitrogens with zero attached hydrogens (tertiary/aromatic N) is 5. The van der Waals surface area contributed by atoms with Gasteiger partial charge >= 0.3 is 10.2 Å². The maximum atomic E-state index is 13.2. The minimum Gasteiger partial charge on any atom is -0.491 e. The van der Waals surface area contributed by atoms with Gasteiger partial charge in [-0.05, 0) is 12.1 Å². The lowest BCUT2D eigenvalue weighted by Crippen LogP contribution is -2.32. The zero-order valence-electron chi connectivity index (χ0n) is 17.7. The van der Waals surface area contributed by atoms with Gasteiger partial charge in [-0.2, -0.15) is 5.10 Å². The summed E-state index contributed by atoms with van der Waals surface area (Å²) in [6.07, 6.45) is 2.98. The van der Waals surface area contributed by atoms with E-state index in [1.54, 1.807) is 17.9 Å². The third-order valence-corrected chi connectivity index (χ3v) is 6.93. The number of halogens is 5. The van der Waals surface area contributed by atoms with E-state index in [4.69, 9.17) is 10.5 Å². The largest absolute Gasteiger partial charge is 0.491 e. The summed E-state index contributed by atoms with van der Waals surface area (Å²) >= 11 is 0. The number of carbonyl (C=O) groups is 1. The van der Waals surface area contributed by atoms with E-state index in [-0.39, 0.29) is 35.5 Å². The van der Waals surface area contributed by atoms with Gasteiger partial charge in [0.15, 0.2) is 0 Å². The fourth-order valence-electron chi connectivity index (χ4n) is 4.05. The normalized spacial score (nSPS) is 17.8. The Hall–Kier alpha value is -3.68. The van der Waals surface area contributed by atoms with Crippen LogP contribution in [0.4, 0.5) is 25.2 Å². The molecule has 2 N–H and O–H groups in total. The second-order valence-corrected chi connectivity index (χ2v) is 10.4. The first-order chi connectivity index (χ1) is 15.6. The van der Waals surface area contributed by atoms with Crippen LogP contribution in [-0.4, -0.2) is 44.2 Å². The topological polar surface area (TPSA) is 99.2 Å². The van der Waals surface area contributed by atoms with Crippen LogP contribution in [0.15, 0.2) is 41.6 Å². The first-order valence-corrected chi connectivity index (χ1v) is 11.7. The minimum absolute atomic E-state index is 0.0452. The Morgan fingerprint density at radius 1 is 1.18 bits per heavy atom. The van der Waals surface area contributed by atoms with E-state index in [1.807, 2.05) is 0 Å². The molecular weight excluding hydrogens is 483 g/mol. The van der Waals surface area contributed by atoms with Crippen molar-refractivity contribution in [3.8, 4) is 5.75 Å². The first kappa shape index (κ1) is 22.1. The molecule has 0 bridgehead atoms. The Labute approximate surface area is 188 Å². The number of hydrogen-bond donors (Lipinski definition) is 1. The highest BCUT2D eigenvalue weighted by Crippen LogP contribution is 3.02. The Morgan fingerprint density at radius 3 is 2.62 bits per heavy atom. The summed E-state index contributed by atoms with van der Waals surface area (Å²) in [7, 11) is -6.73. The molecule has 4 aromatic rings. The number of nitrogens with two attached hydrogens (primary N) is 1. The van der Waals surface area contributed by atoms with Crippen molar-refractivity contribution < 1.29 is 29.0 Å². The van der Waals surface area contributed by atoms with Crippen molar-refractivity contribution in [3.63, 3.8) is 0 Å². The highest BCUT2D eigenvalue weighted by atomic mass is 32.5. The van der Waals surface area contributed by atoms with Crippen molar-refractivity contribution in [2.75, 3.05) is 19.4 Å². The number of carbonyl (C=O) groups excluding carboxylic acids is 1. The van der Waals surface area contributed by atoms with Gasteiger partial charge in [0.1, 0.15) is 34.3 Å². The molecule has 5 rings (SSSR count). The van der Waals surface area contributed by atoms with Crippen LogP contribution < -0.4 is 10.5 Å². The maximum absolute atomic E-state index is 13.2. The number of hydrogen-bond acceptors (Lipinski definition) is 6. The fourth-order valence-corrected chi connectivity index (χ4v) is 4.70. The molecule has 0 aliphatic carbocycles. The molecule has 3 aromatic heterocycles. The lowest BCUT2D eigenvalue weighted by molar-refractivity contribution is 0.0703. The summed E-state index contributed by atoms with van der Waals surface area (Å²) in [5.41, 5.74) is 7.26. The average molecular weight is 500 g/mol. The highest BCUT2D eigenvalue weighted by molar-refractivity contribution is 8.45. The molecule has 8 nitrogen and oxygen atoms in total. The number of amides is 1. The minimum atomic E-state index is -9.86. The maximum Gasteiger partial charge on any atom is 0.310 e. The number of aromatic nitrogens is 4. The number of nitrogen functional groups attached to an aromatic ring is 1. The third kappa shape index (κ3) is 3.45. The summed E-state index contributed by atoms with van der Waals surface area (Å²) in [4.78, 5) is 20.8. The Balaban J connectivity index is 1.50. The van der Waals surface area contributed by atoms with E-state index >= 15 is 0 Å². The van der Waals surface area contributed by atoms with Gasteiger partial charge < -0.3 is 15.4 Å². The molecule has 0 saturated carbocycles. The van der Waals surface area contributed by atoms with E-state index in [2.05, 4.69) is 15.1 Å². The molecule has 4 heterocycles. The number of ether oxygens (including phenoxy) is 1. The summed E-state index contributed by atoms with van der Waals surface area (Å²) in [5, 5.41) is 5.43. The van der Waals surface area contributed by atoms with E-state index in [9.17, 15) is 24.2 Å². The quantitative estimate of drug-likeness (QED) is 0.399. The lowest BCUT2D eigenvalue weighted by atomic mass is 10.1. The van der Waals surface area contributed by atoms with Crippen LogP contribution in [0.5, 0.6) is 5.75 Å².